The lowest BCUT2D eigenvalue weighted by molar-refractivity contribution is 0.0441. The Labute approximate surface area is 138 Å². The zero-order chi connectivity index (χ0) is 16.6. The van der Waals surface area contributed by atoms with Gasteiger partial charge in [-0.2, -0.15) is 0 Å². The van der Waals surface area contributed by atoms with E-state index >= 15 is 0 Å². The summed E-state index contributed by atoms with van der Waals surface area (Å²) in [7, 11) is -3.25. The second-order valence-corrected chi connectivity index (χ2v) is 7.77. The lowest BCUT2D eigenvalue weighted by Gasteiger charge is -2.36. The molecule has 1 aliphatic heterocycles. The van der Waals surface area contributed by atoms with Gasteiger partial charge in [-0.1, -0.05) is 36.8 Å². The first-order valence-corrected chi connectivity index (χ1v) is 9.75. The van der Waals surface area contributed by atoms with Gasteiger partial charge in [-0.3, -0.25) is 0 Å². The molecular weight excluding hydrogens is 314 g/mol. The van der Waals surface area contributed by atoms with Crippen molar-refractivity contribution in [3.63, 3.8) is 0 Å². The number of rotatable bonds is 3. The highest BCUT2D eigenvalue weighted by Gasteiger charge is 2.40. The fourth-order valence-electron chi connectivity index (χ4n) is 2.99. The van der Waals surface area contributed by atoms with Crippen LogP contribution in [0.2, 0.25) is 0 Å². The summed E-state index contributed by atoms with van der Waals surface area (Å²) < 4.78 is 31.2. The number of aliphatic hydroxyl groups excluding tert-OH is 1. The molecule has 5 nitrogen and oxygen atoms in total. The minimum atomic E-state index is -3.25. The summed E-state index contributed by atoms with van der Waals surface area (Å²) in [4.78, 5) is 0. The van der Waals surface area contributed by atoms with Crippen molar-refractivity contribution in [3.8, 4) is 0 Å². The highest BCUT2D eigenvalue weighted by atomic mass is 32.2. The van der Waals surface area contributed by atoms with E-state index in [9.17, 15) is 8.42 Å². The fraction of sp³-hybridized carbons (Fsp3) is 0.588. The molecule has 0 amide bonds. The Morgan fingerprint density at radius 2 is 1.83 bits per heavy atom. The predicted molar refractivity (Wildman–Crippen MR) is 91.0 cm³/mol. The zero-order valence-corrected chi connectivity index (χ0v) is 14.2. The predicted octanol–water partition coefficient (Wildman–Crippen LogP) is 2.69. The second-order valence-electron chi connectivity index (χ2n) is 6.11. The smallest absolute Gasteiger partial charge is 0.259 e. The van der Waals surface area contributed by atoms with Gasteiger partial charge in [0.25, 0.3) is 10.0 Å². The molecule has 1 heterocycles. The van der Waals surface area contributed by atoms with Crippen molar-refractivity contribution in [2.75, 3.05) is 12.4 Å². The number of ether oxygens (including phenoxy) is 1. The van der Waals surface area contributed by atoms with E-state index in [1.54, 1.807) is 0 Å². The topological polar surface area (TPSA) is 76.0 Å². The molecule has 0 bridgehead atoms. The van der Waals surface area contributed by atoms with Crippen LogP contribution in [0.4, 0.5) is 0 Å². The van der Waals surface area contributed by atoms with E-state index in [1.165, 1.54) is 12.0 Å². The summed E-state index contributed by atoms with van der Waals surface area (Å²) in [6.45, 7) is 0.287. The molecule has 0 aromatic heterocycles. The third-order valence-corrected chi connectivity index (χ3v) is 5.48. The fourth-order valence-corrected chi connectivity index (χ4v) is 4.26. The summed E-state index contributed by atoms with van der Waals surface area (Å²) in [5.74, 6) is 0.0660. The average molecular weight is 339 g/mol. The third-order valence-electron chi connectivity index (χ3n) is 4.18. The van der Waals surface area contributed by atoms with Crippen LogP contribution in [0, 0.1) is 0 Å². The minimum Gasteiger partial charge on any atom is -0.475 e. The Morgan fingerprint density at radius 3 is 2.43 bits per heavy atom. The standard InChI is InChI=1S/C9H12O.C8H13NO3S/c10-8-4-7-9-5-2-1-3-6-9;10-13(11)6-8(12-7-9-13)4-2-1-3-5-8/h1-3,5-6,10H,4,7-8H2;7H,1-6H2. The Bertz CT molecular complexity index is 592. The van der Waals surface area contributed by atoms with Gasteiger partial charge in [0.2, 0.25) is 0 Å². The lowest BCUT2D eigenvalue weighted by atomic mass is 9.86. The second kappa shape index (κ2) is 8.45. The number of benzene rings is 1. The molecular formula is C17H25NO4S. The van der Waals surface area contributed by atoms with E-state index in [4.69, 9.17) is 9.84 Å². The van der Waals surface area contributed by atoms with Crippen molar-refractivity contribution in [3.05, 3.63) is 35.9 Å². The van der Waals surface area contributed by atoms with Gasteiger partial charge in [-0.25, -0.2) is 8.42 Å². The summed E-state index contributed by atoms with van der Waals surface area (Å²) in [6, 6.07) is 10.2. The van der Waals surface area contributed by atoms with Gasteiger partial charge in [0.1, 0.15) is 11.4 Å². The number of sulfonamides is 1. The maximum atomic E-state index is 11.2. The molecule has 1 aromatic rings. The van der Waals surface area contributed by atoms with Crippen LogP contribution in [0.25, 0.3) is 0 Å². The normalized spacial score (nSPS) is 21.1. The summed E-state index contributed by atoms with van der Waals surface area (Å²) in [6.07, 6.45) is 7.94. The van der Waals surface area contributed by atoms with Crippen molar-refractivity contribution in [1.29, 1.82) is 0 Å². The molecule has 0 atom stereocenters. The van der Waals surface area contributed by atoms with E-state index in [0.717, 1.165) is 44.9 Å². The lowest BCUT2D eigenvalue weighted by Crippen LogP contribution is -2.43. The highest BCUT2D eigenvalue weighted by Crippen LogP contribution is 2.34. The minimum absolute atomic E-state index is 0.0660. The quantitative estimate of drug-likeness (QED) is 0.918. The average Bonchev–Trinajstić information content (AvgIpc) is 2.54. The molecule has 1 aliphatic carbocycles. The molecule has 1 N–H and O–H groups in total. The van der Waals surface area contributed by atoms with E-state index < -0.39 is 15.6 Å². The highest BCUT2D eigenvalue weighted by molar-refractivity contribution is 7.90. The maximum absolute atomic E-state index is 11.2. The molecule has 0 unspecified atom stereocenters. The molecule has 1 spiro atoms. The Balaban J connectivity index is 0.000000174. The van der Waals surface area contributed by atoms with Crippen LogP contribution >= 0.6 is 0 Å². The number of aliphatic hydroxyl groups is 1. The number of nitrogens with zero attached hydrogens (tertiary/aromatic N) is 1. The van der Waals surface area contributed by atoms with E-state index in [1.807, 2.05) is 18.2 Å². The van der Waals surface area contributed by atoms with Gasteiger partial charge in [0.05, 0.1) is 0 Å². The van der Waals surface area contributed by atoms with Gasteiger partial charge in [-0.05, 0) is 44.1 Å². The monoisotopic (exact) mass is 339 g/mol. The molecule has 1 aromatic carbocycles. The Morgan fingerprint density at radius 1 is 1.13 bits per heavy atom. The summed E-state index contributed by atoms with van der Waals surface area (Å²) in [5, 5.41) is 8.53. The molecule has 1 saturated carbocycles. The SMILES string of the molecule is O=S1(=O)CC2(CCCCC2)OC=N1.OCCCc1ccccc1. The van der Waals surface area contributed by atoms with E-state index in [0.29, 0.717) is 0 Å². The van der Waals surface area contributed by atoms with Crippen LogP contribution in [-0.4, -0.2) is 37.9 Å². The molecule has 2 aliphatic rings. The van der Waals surface area contributed by atoms with Gasteiger partial charge in [0, 0.05) is 6.61 Å². The van der Waals surface area contributed by atoms with Gasteiger partial charge in [0.15, 0.2) is 6.40 Å². The molecule has 23 heavy (non-hydrogen) atoms. The van der Waals surface area contributed by atoms with Crippen LogP contribution in [0.1, 0.15) is 44.1 Å². The Hall–Kier alpha value is -1.40. The first-order chi connectivity index (χ1) is 11.1. The van der Waals surface area contributed by atoms with Crippen LogP contribution < -0.4 is 0 Å². The molecule has 1 fully saturated rings. The van der Waals surface area contributed by atoms with Crippen molar-refractivity contribution in [2.24, 2.45) is 4.40 Å². The summed E-state index contributed by atoms with van der Waals surface area (Å²) in [5.41, 5.74) is 0.857. The molecule has 3 rings (SSSR count). The molecule has 128 valence electrons. The molecule has 0 saturated heterocycles. The van der Waals surface area contributed by atoms with Crippen molar-refractivity contribution < 1.29 is 18.3 Å². The largest absolute Gasteiger partial charge is 0.475 e. The first kappa shape index (κ1) is 17.9. The number of hydrogen-bond acceptors (Lipinski definition) is 4. The van der Waals surface area contributed by atoms with Crippen LogP contribution in [0.3, 0.4) is 0 Å². The van der Waals surface area contributed by atoms with Crippen LogP contribution in [-0.2, 0) is 21.2 Å². The van der Waals surface area contributed by atoms with E-state index in [2.05, 4.69) is 16.5 Å². The number of aryl methyl sites for hydroxylation is 1. The Kier molecular flexibility index (Phi) is 6.59. The van der Waals surface area contributed by atoms with E-state index in [-0.39, 0.29) is 12.4 Å². The zero-order valence-electron chi connectivity index (χ0n) is 13.4. The van der Waals surface area contributed by atoms with Gasteiger partial charge >= 0.3 is 0 Å². The number of hydrogen-bond donors (Lipinski definition) is 1. The van der Waals surface area contributed by atoms with Crippen LogP contribution in [0.15, 0.2) is 34.7 Å². The van der Waals surface area contributed by atoms with Crippen molar-refractivity contribution in [1.82, 2.24) is 0 Å². The van der Waals surface area contributed by atoms with Crippen molar-refractivity contribution in [2.45, 2.75) is 50.5 Å². The van der Waals surface area contributed by atoms with Gasteiger partial charge in [-0.15, -0.1) is 4.40 Å². The van der Waals surface area contributed by atoms with Gasteiger partial charge < -0.3 is 9.84 Å². The summed E-state index contributed by atoms with van der Waals surface area (Å²) >= 11 is 0. The molecule has 0 radical (unpaired) electrons. The first-order valence-electron chi connectivity index (χ1n) is 8.14. The third kappa shape index (κ3) is 5.95. The molecule has 6 heteroatoms. The van der Waals surface area contributed by atoms with Crippen LogP contribution in [0.5, 0.6) is 0 Å². The van der Waals surface area contributed by atoms with Crippen molar-refractivity contribution >= 4 is 16.4 Å². The maximum Gasteiger partial charge on any atom is 0.259 e.